The number of fused-ring (bicyclic) bond motifs is 2. The van der Waals surface area contributed by atoms with E-state index in [1.165, 1.54) is 6.07 Å². The molecule has 4 heteroatoms. The fourth-order valence-electron chi connectivity index (χ4n) is 3.22. The van der Waals surface area contributed by atoms with Crippen LogP contribution in [0.2, 0.25) is 0 Å². The molecule has 2 heterocycles. The standard InChI is InChI=1S/C15H16FNO2/c16-14-7-11(2-1-10(14)5-6-17)15(18)8-12-3-4-13(9-15)19-12/h1-2,7,12-13,18H,3-5,8-9H2. The molecular formula is C15H16FNO2. The Labute approximate surface area is 111 Å². The van der Waals surface area contributed by atoms with E-state index in [9.17, 15) is 9.50 Å². The van der Waals surface area contributed by atoms with Crippen molar-refractivity contribution in [1.29, 1.82) is 5.26 Å². The van der Waals surface area contributed by atoms with Crippen molar-refractivity contribution >= 4 is 0 Å². The normalized spacial score (nSPS) is 33.1. The van der Waals surface area contributed by atoms with Crippen molar-refractivity contribution in [3.8, 4) is 6.07 Å². The molecule has 0 aromatic heterocycles. The Bertz CT molecular complexity index is 525. The van der Waals surface area contributed by atoms with E-state index in [1.54, 1.807) is 12.1 Å². The number of nitriles is 1. The van der Waals surface area contributed by atoms with Gasteiger partial charge in [-0.2, -0.15) is 5.26 Å². The van der Waals surface area contributed by atoms with E-state index in [4.69, 9.17) is 10.00 Å². The molecule has 2 bridgehead atoms. The highest BCUT2D eigenvalue weighted by molar-refractivity contribution is 5.31. The quantitative estimate of drug-likeness (QED) is 0.889. The first kappa shape index (κ1) is 12.6. The average molecular weight is 261 g/mol. The molecule has 2 atom stereocenters. The van der Waals surface area contributed by atoms with Crippen molar-refractivity contribution in [2.45, 2.75) is 49.9 Å². The topological polar surface area (TPSA) is 53.2 Å². The summed E-state index contributed by atoms with van der Waals surface area (Å²) in [6.45, 7) is 0. The zero-order valence-corrected chi connectivity index (χ0v) is 10.6. The van der Waals surface area contributed by atoms with Crippen LogP contribution in [-0.4, -0.2) is 17.3 Å². The smallest absolute Gasteiger partial charge is 0.127 e. The van der Waals surface area contributed by atoms with Crippen LogP contribution < -0.4 is 0 Å². The number of ether oxygens (including phenoxy) is 1. The lowest BCUT2D eigenvalue weighted by Gasteiger charge is -2.37. The van der Waals surface area contributed by atoms with E-state index in [0.29, 0.717) is 24.0 Å². The zero-order valence-electron chi connectivity index (χ0n) is 10.6. The van der Waals surface area contributed by atoms with Crippen LogP contribution in [0.25, 0.3) is 0 Å². The number of halogens is 1. The Balaban J connectivity index is 1.89. The first-order valence-electron chi connectivity index (χ1n) is 6.64. The second-order valence-electron chi connectivity index (χ2n) is 5.54. The van der Waals surface area contributed by atoms with E-state index < -0.39 is 11.4 Å². The number of rotatable bonds is 2. The molecule has 100 valence electrons. The molecule has 1 aromatic rings. The van der Waals surface area contributed by atoms with Crippen molar-refractivity contribution < 1.29 is 14.2 Å². The third kappa shape index (κ3) is 2.24. The Morgan fingerprint density at radius 1 is 1.37 bits per heavy atom. The Hall–Kier alpha value is -1.44. The van der Waals surface area contributed by atoms with Gasteiger partial charge in [0.05, 0.1) is 30.3 Å². The van der Waals surface area contributed by atoms with Gasteiger partial charge in [-0.25, -0.2) is 4.39 Å². The van der Waals surface area contributed by atoms with Gasteiger partial charge in [0.1, 0.15) is 5.82 Å². The van der Waals surface area contributed by atoms with Crippen LogP contribution in [0.15, 0.2) is 18.2 Å². The SMILES string of the molecule is N#CCc1ccc(C2(O)CC3CCC(C2)O3)cc1F. The van der Waals surface area contributed by atoms with E-state index in [0.717, 1.165) is 12.8 Å². The first-order chi connectivity index (χ1) is 9.10. The second kappa shape index (κ2) is 4.59. The van der Waals surface area contributed by atoms with E-state index in [2.05, 4.69) is 0 Å². The van der Waals surface area contributed by atoms with Crippen LogP contribution in [-0.2, 0) is 16.8 Å². The summed E-state index contributed by atoms with van der Waals surface area (Å²) < 4.78 is 19.6. The summed E-state index contributed by atoms with van der Waals surface area (Å²) in [5, 5.41) is 19.4. The molecule has 3 nitrogen and oxygen atoms in total. The summed E-state index contributed by atoms with van der Waals surface area (Å²) in [6.07, 6.45) is 3.24. The number of hydrogen-bond donors (Lipinski definition) is 1. The molecule has 19 heavy (non-hydrogen) atoms. The summed E-state index contributed by atoms with van der Waals surface area (Å²) in [7, 11) is 0. The molecule has 0 amide bonds. The predicted octanol–water partition coefficient (Wildman–Crippen LogP) is 2.42. The summed E-state index contributed by atoms with van der Waals surface area (Å²) >= 11 is 0. The van der Waals surface area contributed by atoms with Gasteiger partial charge in [0.25, 0.3) is 0 Å². The molecule has 2 aliphatic heterocycles. The largest absolute Gasteiger partial charge is 0.385 e. The molecule has 2 aliphatic rings. The number of hydrogen-bond acceptors (Lipinski definition) is 3. The molecule has 2 unspecified atom stereocenters. The molecule has 0 saturated carbocycles. The van der Waals surface area contributed by atoms with Gasteiger partial charge in [-0.1, -0.05) is 12.1 Å². The molecular weight excluding hydrogens is 245 g/mol. The fourth-order valence-corrected chi connectivity index (χ4v) is 3.22. The maximum Gasteiger partial charge on any atom is 0.127 e. The van der Waals surface area contributed by atoms with E-state index in [-0.39, 0.29) is 18.6 Å². The molecule has 1 N–H and O–H groups in total. The maximum absolute atomic E-state index is 13.9. The van der Waals surface area contributed by atoms with Gasteiger partial charge in [0.15, 0.2) is 0 Å². The Morgan fingerprint density at radius 2 is 2.05 bits per heavy atom. The van der Waals surface area contributed by atoms with Gasteiger partial charge in [0, 0.05) is 18.4 Å². The first-order valence-corrected chi connectivity index (χ1v) is 6.64. The number of benzene rings is 1. The molecule has 3 rings (SSSR count). The third-order valence-electron chi connectivity index (χ3n) is 4.19. The van der Waals surface area contributed by atoms with Gasteiger partial charge < -0.3 is 9.84 Å². The Morgan fingerprint density at radius 3 is 2.63 bits per heavy atom. The minimum absolute atomic E-state index is 0.0545. The lowest BCUT2D eigenvalue weighted by atomic mass is 9.83. The van der Waals surface area contributed by atoms with Crippen molar-refractivity contribution in [2.24, 2.45) is 0 Å². The molecule has 0 spiro atoms. The highest BCUT2D eigenvalue weighted by Gasteiger charge is 2.44. The van der Waals surface area contributed by atoms with Crippen molar-refractivity contribution in [2.75, 3.05) is 0 Å². The zero-order chi connectivity index (χ0) is 13.5. The molecule has 0 aliphatic carbocycles. The molecule has 2 fully saturated rings. The van der Waals surface area contributed by atoms with E-state index >= 15 is 0 Å². The van der Waals surface area contributed by atoms with Crippen LogP contribution in [0.5, 0.6) is 0 Å². The van der Waals surface area contributed by atoms with E-state index in [1.807, 2.05) is 6.07 Å². The summed E-state index contributed by atoms with van der Waals surface area (Å²) in [6, 6.07) is 6.64. The van der Waals surface area contributed by atoms with Crippen molar-refractivity contribution in [3.05, 3.63) is 35.1 Å². The molecule has 2 saturated heterocycles. The van der Waals surface area contributed by atoms with Crippen molar-refractivity contribution in [3.63, 3.8) is 0 Å². The summed E-state index contributed by atoms with van der Waals surface area (Å²) in [5.41, 5.74) is -0.00686. The Kier molecular flexibility index (Phi) is 3.04. The van der Waals surface area contributed by atoms with Crippen LogP contribution in [0.3, 0.4) is 0 Å². The molecule has 0 radical (unpaired) electrons. The van der Waals surface area contributed by atoms with Gasteiger partial charge in [0.2, 0.25) is 0 Å². The average Bonchev–Trinajstić information content (AvgIpc) is 2.72. The fraction of sp³-hybridized carbons (Fsp3) is 0.533. The minimum atomic E-state index is -0.990. The number of aliphatic hydroxyl groups is 1. The molecule has 1 aromatic carbocycles. The van der Waals surface area contributed by atoms with Gasteiger partial charge in [-0.05, 0) is 24.5 Å². The van der Waals surface area contributed by atoms with Gasteiger partial charge in [-0.15, -0.1) is 0 Å². The summed E-state index contributed by atoms with van der Waals surface area (Å²) in [4.78, 5) is 0. The van der Waals surface area contributed by atoms with Crippen molar-refractivity contribution in [1.82, 2.24) is 0 Å². The maximum atomic E-state index is 13.9. The lowest BCUT2D eigenvalue weighted by molar-refractivity contribution is -0.115. The third-order valence-corrected chi connectivity index (χ3v) is 4.19. The predicted molar refractivity (Wildman–Crippen MR) is 66.7 cm³/mol. The lowest BCUT2D eigenvalue weighted by Crippen LogP contribution is -2.38. The minimum Gasteiger partial charge on any atom is -0.385 e. The summed E-state index contributed by atoms with van der Waals surface area (Å²) in [5.74, 6) is -0.411. The highest BCUT2D eigenvalue weighted by atomic mass is 19.1. The van der Waals surface area contributed by atoms with Crippen LogP contribution in [0.4, 0.5) is 4.39 Å². The number of nitrogens with zero attached hydrogens (tertiary/aromatic N) is 1. The van der Waals surface area contributed by atoms with Crippen LogP contribution in [0, 0.1) is 17.1 Å². The monoisotopic (exact) mass is 261 g/mol. The van der Waals surface area contributed by atoms with Gasteiger partial charge >= 0.3 is 0 Å². The van der Waals surface area contributed by atoms with Crippen LogP contribution >= 0.6 is 0 Å². The van der Waals surface area contributed by atoms with Crippen LogP contribution in [0.1, 0.15) is 36.8 Å². The highest BCUT2D eigenvalue weighted by Crippen LogP contribution is 2.44. The second-order valence-corrected chi connectivity index (χ2v) is 5.54. The van der Waals surface area contributed by atoms with Gasteiger partial charge in [-0.3, -0.25) is 0 Å².